The summed E-state index contributed by atoms with van der Waals surface area (Å²) < 4.78 is 37.5. The van der Waals surface area contributed by atoms with Crippen LogP contribution in [0, 0.1) is 11.3 Å². The van der Waals surface area contributed by atoms with Crippen molar-refractivity contribution in [2.75, 3.05) is 12.3 Å². The number of nitrogen functional groups attached to an aromatic ring is 1. The van der Waals surface area contributed by atoms with Crippen LogP contribution in [-0.4, -0.2) is 67.3 Å². The lowest BCUT2D eigenvalue weighted by Crippen LogP contribution is -2.41. The maximum Gasteiger partial charge on any atom is 0.459 e. The summed E-state index contributed by atoms with van der Waals surface area (Å²) in [4.78, 5) is 16.5. The lowest BCUT2D eigenvalue weighted by atomic mass is 9.92. The summed E-state index contributed by atoms with van der Waals surface area (Å²) in [6.45, 7) is 5.90. The van der Waals surface area contributed by atoms with E-state index in [1.54, 1.807) is 45.0 Å². The van der Waals surface area contributed by atoms with Crippen LogP contribution in [0.25, 0.3) is 5.52 Å². The zero-order valence-corrected chi connectivity index (χ0v) is 23.2. The molecule has 0 spiro atoms. The van der Waals surface area contributed by atoms with Crippen molar-refractivity contribution in [2.45, 2.75) is 63.3 Å². The number of nitrogens with zero attached hydrogens (tertiary/aromatic N) is 4. The molecular formula is C25H31N6O8P. The van der Waals surface area contributed by atoms with Gasteiger partial charge >= 0.3 is 13.7 Å². The van der Waals surface area contributed by atoms with Gasteiger partial charge in [0.05, 0.1) is 12.3 Å². The number of nitriles is 1. The second-order valence-electron chi connectivity index (χ2n) is 10.2. The summed E-state index contributed by atoms with van der Waals surface area (Å²) in [5, 5.41) is 38.5. The zero-order valence-electron chi connectivity index (χ0n) is 22.3. The Morgan fingerprint density at radius 2 is 2.00 bits per heavy atom. The Balaban J connectivity index is 1.57. The van der Waals surface area contributed by atoms with E-state index in [2.05, 4.69) is 15.2 Å². The average Bonchev–Trinajstić information content (AvgIpc) is 3.43. The van der Waals surface area contributed by atoms with Crippen molar-refractivity contribution >= 4 is 25.1 Å². The molecule has 0 aliphatic carbocycles. The number of carbonyl (C=O) groups is 1. The van der Waals surface area contributed by atoms with Gasteiger partial charge in [-0.1, -0.05) is 18.2 Å². The molecule has 5 N–H and O–H groups in total. The first-order valence-electron chi connectivity index (χ1n) is 12.3. The van der Waals surface area contributed by atoms with Crippen LogP contribution in [-0.2, 0) is 29.0 Å². The smallest absolute Gasteiger partial charge is 0.459 e. The molecule has 1 fully saturated rings. The number of fused-ring (bicyclic) bond motifs is 1. The van der Waals surface area contributed by atoms with E-state index in [0.29, 0.717) is 5.52 Å². The van der Waals surface area contributed by atoms with E-state index in [9.17, 15) is 24.8 Å². The van der Waals surface area contributed by atoms with Gasteiger partial charge in [0, 0.05) is 0 Å². The van der Waals surface area contributed by atoms with Gasteiger partial charge in [-0.3, -0.25) is 9.32 Å². The molecule has 1 saturated heterocycles. The van der Waals surface area contributed by atoms with Crippen LogP contribution >= 0.6 is 7.75 Å². The highest BCUT2D eigenvalue weighted by Crippen LogP contribution is 2.47. The van der Waals surface area contributed by atoms with Gasteiger partial charge in [-0.15, -0.1) is 0 Å². The highest BCUT2D eigenvalue weighted by atomic mass is 31.2. The van der Waals surface area contributed by atoms with E-state index in [1.807, 2.05) is 6.07 Å². The summed E-state index contributed by atoms with van der Waals surface area (Å²) in [6.07, 6.45) is -3.56. The Morgan fingerprint density at radius 1 is 1.30 bits per heavy atom. The minimum atomic E-state index is -4.32. The number of para-hydroxylation sites is 1. The predicted molar refractivity (Wildman–Crippen MR) is 141 cm³/mol. The highest BCUT2D eigenvalue weighted by molar-refractivity contribution is 7.52. The van der Waals surface area contributed by atoms with E-state index >= 15 is 0 Å². The van der Waals surface area contributed by atoms with Gasteiger partial charge in [0.1, 0.15) is 53.6 Å². The molecule has 0 amide bonds. The van der Waals surface area contributed by atoms with Crippen LogP contribution in [0.15, 0.2) is 48.8 Å². The maximum atomic E-state index is 13.8. The van der Waals surface area contributed by atoms with Crippen molar-refractivity contribution in [3.63, 3.8) is 0 Å². The van der Waals surface area contributed by atoms with Crippen LogP contribution in [0.5, 0.6) is 5.75 Å². The number of aromatic nitrogens is 3. The van der Waals surface area contributed by atoms with Crippen LogP contribution < -0.4 is 15.3 Å². The van der Waals surface area contributed by atoms with Gasteiger partial charge in [0.25, 0.3) is 0 Å². The zero-order chi connectivity index (χ0) is 29.3. The Bertz CT molecular complexity index is 1460. The van der Waals surface area contributed by atoms with Crippen molar-refractivity contribution in [3.05, 3.63) is 54.5 Å². The third-order valence-corrected chi connectivity index (χ3v) is 7.62. The number of aliphatic hydroxyl groups is 2. The largest absolute Gasteiger partial charge is 0.459 e. The molecule has 1 aromatic carbocycles. The average molecular weight is 575 g/mol. The number of aliphatic hydroxyl groups excluding tert-OH is 2. The lowest BCUT2D eigenvalue weighted by Gasteiger charge is -2.27. The van der Waals surface area contributed by atoms with E-state index in [1.165, 1.54) is 36.0 Å². The fourth-order valence-corrected chi connectivity index (χ4v) is 5.61. The minimum absolute atomic E-state index is 0.0912. The number of nitrogens with one attached hydrogen (secondary N) is 1. The number of nitrogens with two attached hydrogens (primary N) is 1. The molecule has 0 saturated carbocycles. The van der Waals surface area contributed by atoms with E-state index in [-0.39, 0.29) is 17.3 Å². The van der Waals surface area contributed by atoms with Gasteiger partial charge in [0.15, 0.2) is 5.82 Å². The molecule has 2 aromatic heterocycles. The van der Waals surface area contributed by atoms with Crippen molar-refractivity contribution in [3.8, 4) is 11.8 Å². The van der Waals surface area contributed by atoms with Crippen molar-refractivity contribution in [1.82, 2.24) is 19.7 Å². The van der Waals surface area contributed by atoms with Crippen molar-refractivity contribution < 1.29 is 38.1 Å². The summed E-state index contributed by atoms with van der Waals surface area (Å²) in [7, 11) is -4.32. The summed E-state index contributed by atoms with van der Waals surface area (Å²) in [5.41, 5.74) is 3.46. The number of anilines is 1. The second-order valence-corrected chi connectivity index (χ2v) is 11.9. The molecule has 4 rings (SSSR count). The summed E-state index contributed by atoms with van der Waals surface area (Å²) in [6, 6.07) is 11.9. The van der Waals surface area contributed by atoms with Crippen molar-refractivity contribution in [2.24, 2.45) is 0 Å². The van der Waals surface area contributed by atoms with Gasteiger partial charge in [-0.05, 0) is 52.0 Å². The molecule has 1 aliphatic heterocycles. The molecule has 3 heterocycles. The molecule has 6 atom stereocenters. The molecule has 40 heavy (non-hydrogen) atoms. The number of rotatable bonds is 9. The second kappa shape index (κ2) is 11.1. The molecule has 1 unspecified atom stereocenters. The van der Waals surface area contributed by atoms with E-state index < -0.39 is 55.9 Å². The Kier molecular flexibility index (Phi) is 8.18. The van der Waals surface area contributed by atoms with Crippen LogP contribution in [0.2, 0.25) is 0 Å². The van der Waals surface area contributed by atoms with Gasteiger partial charge in [0.2, 0.25) is 5.60 Å². The fourth-order valence-electron chi connectivity index (χ4n) is 4.11. The normalized spacial score (nSPS) is 25.2. The molecule has 1 aliphatic rings. The Hall–Kier alpha value is -3.57. The standard InChI is InChI=1S/C25H31N6O8P/c1-15(23(34)38-24(2,3)4)30-40(35,39-16-8-6-5-7-9-16)36-12-18-20(32)21(33)25(13-26,37-18)19-11-10-17-22(27)28-14-29-31(17)19/h5-11,14-15,18,20-21,32-33H,12H2,1-4H3,(H,30,35)(H2,27,28,29)/t15-,18+,20+,21+,25-,40?/m0/s1. The molecular weight excluding hydrogens is 543 g/mol. The maximum absolute atomic E-state index is 13.8. The first kappa shape index (κ1) is 29.4. The van der Waals surface area contributed by atoms with Gasteiger partial charge < -0.3 is 29.9 Å². The number of ether oxygens (including phenoxy) is 2. The molecule has 214 valence electrons. The Morgan fingerprint density at radius 3 is 2.65 bits per heavy atom. The van der Waals surface area contributed by atoms with Crippen molar-refractivity contribution in [1.29, 1.82) is 5.26 Å². The van der Waals surface area contributed by atoms with Crippen LogP contribution in [0.1, 0.15) is 33.4 Å². The molecule has 0 radical (unpaired) electrons. The SMILES string of the molecule is C[C@H](NP(=O)(OC[C@H]1O[C@@](C#N)(c2ccc3c(N)ncnn23)[C@H](O)[C@@H]1O)Oc1ccccc1)C(=O)OC(C)(C)C. The molecule has 15 heteroatoms. The van der Waals surface area contributed by atoms with Gasteiger partial charge in [-0.2, -0.15) is 15.4 Å². The third kappa shape index (κ3) is 5.95. The molecule has 3 aromatic rings. The first-order chi connectivity index (χ1) is 18.8. The Labute approximate surface area is 230 Å². The number of carbonyl (C=O) groups excluding carboxylic acids is 1. The van der Waals surface area contributed by atoms with Crippen LogP contribution in [0.3, 0.4) is 0 Å². The fraction of sp³-hybridized carbons (Fsp3) is 0.440. The summed E-state index contributed by atoms with van der Waals surface area (Å²) >= 11 is 0. The molecule has 14 nitrogen and oxygen atoms in total. The summed E-state index contributed by atoms with van der Waals surface area (Å²) in [5.74, 6) is -0.400. The number of hydrogen-bond acceptors (Lipinski definition) is 12. The minimum Gasteiger partial charge on any atom is -0.459 e. The third-order valence-electron chi connectivity index (χ3n) is 5.98. The predicted octanol–water partition coefficient (Wildman–Crippen LogP) is 1.67. The van der Waals surface area contributed by atoms with Gasteiger partial charge in [-0.25, -0.2) is 14.1 Å². The number of hydrogen-bond donors (Lipinski definition) is 4. The monoisotopic (exact) mass is 574 g/mol. The van der Waals surface area contributed by atoms with E-state index in [0.717, 1.165) is 0 Å². The lowest BCUT2D eigenvalue weighted by molar-refractivity contribution is -0.156. The van der Waals surface area contributed by atoms with Crippen LogP contribution in [0.4, 0.5) is 5.82 Å². The molecule has 0 bridgehead atoms. The number of esters is 1. The number of benzene rings is 1. The first-order valence-corrected chi connectivity index (χ1v) is 13.9. The van der Waals surface area contributed by atoms with E-state index in [4.69, 9.17) is 24.3 Å². The topological polar surface area (TPSA) is 204 Å². The quantitative estimate of drug-likeness (QED) is 0.212. The highest BCUT2D eigenvalue weighted by Gasteiger charge is 2.58.